The highest BCUT2D eigenvalue weighted by atomic mass is 35.5. The molecule has 0 spiro atoms. The van der Waals surface area contributed by atoms with Crippen LogP contribution in [0.1, 0.15) is 6.92 Å². The van der Waals surface area contributed by atoms with Crippen LogP contribution in [0.2, 0.25) is 5.15 Å². The molecule has 0 amide bonds. The number of hydrogen-bond donors (Lipinski definition) is 0. The summed E-state index contributed by atoms with van der Waals surface area (Å²) in [5.74, 6) is -0.622. The lowest BCUT2D eigenvalue weighted by Crippen LogP contribution is -2.33. The first-order valence-electron chi connectivity index (χ1n) is 5.12. The fraction of sp³-hybridized carbons (Fsp3) is 0.400. The second-order valence-corrected chi connectivity index (χ2v) is 5.73. The Hall–Kier alpha value is -1.18. The number of ether oxygens (including phenoxy) is 1. The SMILES string of the molecule is CCOC(=O)CN(C)S(=O)(=O)c1cccnc1Cl. The number of halogens is 1. The van der Waals surface area contributed by atoms with Crippen molar-refractivity contribution in [3.8, 4) is 0 Å². The number of esters is 1. The van der Waals surface area contributed by atoms with E-state index in [0.717, 1.165) is 4.31 Å². The van der Waals surface area contributed by atoms with E-state index in [1.807, 2.05) is 0 Å². The van der Waals surface area contributed by atoms with Crippen LogP contribution in [0.15, 0.2) is 23.2 Å². The van der Waals surface area contributed by atoms with Gasteiger partial charge in [-0.1, -0.05) is 11.6 Å². The Bertz CT molecular complexity index is 532. The van der Waals surface area contributed by atoms with Gasteiger partial charge in [0.1, 0.15) is 16.6 Å². The van der Waals surface area contributed by atoms with Crippen LogP contribution in [-0.4, -0.2) is 43.9 Å². The molecule has 0 saturated carbocycles. The molecule has 0 fully saturated rings. The highest BCUT2D eigenvalue weighted by Crippen LogP contribution is 2.20. The Balaban J connectivity index is 2.94. The van der Waals surface area contributed by atoms with Crippen molar-refractivity contribution in [2.45, 2.75) is 11.8 Å². The lowest BCUT2D eigenvalue weighted by atomic mass is 10.5. The molecule has 0 aliphatic rings. The van der Waals surface area contributed by atoms with Crippen LogP contribution < -0.4 is 0 Å². The average Bonchev–Trinajstić information content (AvgIpc) is 2.29. The number of hydrogen-bond acceptors (Lipinski definition) is 5. The van der Waals surface area contributed by atoms with E-state index in [-0.39, 0.29) is 23.2 Å². The molecule has 1 aromatic rings. The summed E-state index contributed by atoms with van der Waals surface area (Å²) in [4.78, 5) is 14.8. The first-order valence-corrected chi connectivity index (χ1v) is 6.94. The topological polar surface area (TPSA) is 76.6 Å². The van der Waals surface area contributed by atoms with E-state index in [9.17, 15) is 13.2 Å². The van der Waals surface area contributed by atoms with E-state index < -0.39 is 16.0 Å². The maximum absolute atomic E-state index is 12.1. The van der Waals surface area contributed by atoms with Gasteiger partial charge in [0.15, 0.2) is 0 Å². The van der Waals surface area contributed by atoms with Gasteiger partial charge in [-0.3, -0.25) is 4.79 Å². The van der Waals surface area contributed by atoms with Gasteiger partial charge < -0.3 is 4.74 Å². The number of nitrogens with zero attached hydrogens (tertiary/aromatic N) is 2. The first kappa shape index (κ1) is 14.9. The summed E-state index contributed by atoms with van der Waals surface area (Å²) < 4.78 is 29.7. The monoisotopic (exact) mass is 292 g/mol. The fourth-order valence-corrected chi connectivity index (χ4v) is 2.74. The smallest absolute Gasteiger partial charge is 0.321 e. The molecule has 0 saturated heterocycles. The van der Waals surface area contributed by atoms with Gasteiger partial charge in [0.25, 0.3) is 0 Å². The summed E-state index contributed by atoms with van der Waals surface area (Å²) in [7, 11) is -2.57. The van der Waals surface area contributed by atoms with Gasteiger partial charge in [-0.25, -0.2) is 13.4 Å². The van der Waals surface area contributed by atoms with Crippen LogP contribution in [0.3, 0.4) is 0 Å². The van der Waals surface area contributed by atoms with E-state index in [4.69, 9.17) is 11.6 Å². The number of rotatable bonds is 5. The number of likely N-dealkylation sites (N-methyl/N-ethyl adjacent to an activating group) is 1. The summed E-state index contributed by atoms with van der Waals surface area (Å²) in [6.07, 6.45) is 1.38. The fourth-order valence-electron chi connectivity index (χ4n) is 1.21. The molecule has 6 nitrogen and oxygen atoms in total. The Morgan fingerprint density at radius 3 is 2.78 bits per heavy atom. The molecule has 0 atom stereocenters. The first-order chi connectivity index (χ1) is 8.39. The molecule has 8 heteroatoms. The summed E-state index contributed by atoms with van der Waals surface area (Å²) in [5.41, 5.74) is 0. The van der Waals surface area contributed by atoms with Crippen molar-refractivity contribution in [2.75, 3.05) is 20.2 Å². The number of carbonyl (C=O) groups excluding carboxylic acids is 1. The third kappa shape index (κ3) is 3.41. The van der Waals surface area contributed by atoms with Crippen LogP contribution in [0.25, 0.3) is 0 Å². The number of aromatic nitrogens is 1. The molecule has 0 bridgehead atoms. The van der Waals surface area contributed by atoms with Crippen LogP contribution >= 0.6 is 11.6 Å². The Labute approximate surface area is 111 Å². The zero-order valence-electron chi connectivity index (χ0n) is 9.96. The minimum atomic E-state index is -3.84. The molecule has 1 rings (SSSR count). The van der Waals surface area contributed by atoms with Crippen molar-refractivity contribution >= 4 is 27.6 Å². The van der Waals surface area contributed by atoms with Crippen molar-refractivity contribution < 1.29 is 17.9 Å². The van der Waals surface area contributed by atoms with Gasteiger partial charge >= 0.3 is 5.97 Å². The predicted octanol–water partition coefficient (Wildman–Crippen LogP) is 0.919. The molecule has 1 heterocycles. The molecule has 0 aliphatic heterocycles. The minimum Gasteiger partial charge on any atom is -0.465 e. The van der Waals surface area contributed by atoms with Gasteiger partial charge in [-0.15, -0.1) is 0 Å². The summed E-state index contributed by atoms with van der Waals surface area (Å²) in [5, 5.41) is -0.131. The lowest BCUT2D eigenvalue weighted by molar-refractivity contribution is -0.143. The molecule has 100 valence electrons. The van der Waals surface area contributed by atoms with Gasteiger partial charge in [0.2, 0.25) is 10.0 Å². The molecule has 1 aromatic heterocycles. The van der Waals surface area contributed by atoms with Crippen molar-refractivity contribution in [1.82, 2.24) is 9.29 Å². The molecule has 0 aliphatic carbocycles. The zero-order chi connectivity index (χ0) is 13.8. The van der Waals surface area contributed by atoms with E-state index in [1.54, 1.807) is 6.92 Å². The predicted molar refractivity (Wildman–Crippen MR) is 65.7 cm³/mol. The van der Waals surface area contributed by atoms with E-state index in [0.29, 0.717) is 0 Å². The lowest BCUT2D eigenvalue weighted by Gasteiger charge is -2.16. The van der Waals surface area contributed by atoms with Crippen molar-refractivity contribution in [2.24, 2.45) is 0 Å². The largest absolute Gasteiger partial charge is 0.465 e. The van der Waals surface area contributed by atoms with Gasteiger partial charge in [0, 0.05) is 13.2 Å². The quantitative estimate of drug-likeness (QED) is 0.596. The molecular formula is C10H13ClN2O4S. The summed E-state index contributed by atoms with van der Waals surface area (Å²) >= 11 is 5.72. The number of carbonyl (C=O) groups is 1. The van der Waals surface area contributed by atoms with Gasteiger partial charge in [-0.2, -0.15) is 4.31 Å². The number of pyridine rings is 1. The molecule has 18 heavy (non-hydrogen) atoms. The highest BCUT2D eigenvalue weighted by molar-refractivity contribution is 7.89. The normalized spacial score (nSPS) is 11.6. The average molecular weight is 293 g/mol. The summed E-state index contributed by atoms with van der Waals surface area (Å²) in [6, 6.07) is 2.78. The zero-order valence-corrected chi connectivity index (χ0v) is 11.5. The molecule has 0 aromatic carbocycles. The van der Waals surface area contributed by atoms with Crippen molar-refractivity contribution in [3.05, 3.63) is 23.5 Å². The third-order valence-electron chi connectivity index (χ3n) is 2.07. The van der Waals surface area contributed by atoms with Crippen LogP contribution in [0.5, 0.6) is 0 Å². The maximum atomic E-state index is 12.1. The minimum absolute atomic E-state index is 0.131. The molecule has 0 unspecified atom stereocenters. The standard InChI is InChI=1S/C10H13ClN2O4S/c1-3-17-9(14)7-13(2)18(15,16)8-5-4-6-12-10(8)11/h4-6H,3,7H2,1-2H3. The van der Waals surface area contributed by atoms with Crippen LogP contribution in [0.4, 0.5) is 0 Å². The van der Waals surface area contributed by atoms with Crippen molar-refractivity contribution in [1.29, 1.82) is 0 Å². The van der Waals surface area contributed by atoms with E-state index in [1.165, 1.54) is 25.4 Å². The van der Waals surface area contributed by atoms with Gasteiger partial charge in [-0.05, 0) is 19.1 Å². The van der Waals surface area contributed by atoms with Gasteiger partial charge in [0.05, 0.1) is 6.61 Å². The molecular weight excluding hydrogens is 280 g/mol. The second-order valence-electron chi connectivity index (χ2n) is 3.36. The summed E-state index contributed by atoms with van der Waals surface area (Å²) in [6.45, 7) is 1.46. The molecule has 0 radical (unpaired) electrons. The number of sulfonamides is 1. The molecule has 0 N–H and O–H groups in total. The van der Waals surface area contributed by atoms with Crippen LogP contribution in [-0.2, 0) is 19.6 Å². The van der Waals surface area contributed by atoms with Crippen molar-refractivity contribution in [3.63, 3.8) is 0 Å². The Morgan fingerprint density at radius 1 is 1.56 bits per heavy atom. The Morgan fingerprint density at radius 2 is 2.22 bits per heavy atom. The highest BCUT2D eigenvalue weighted by Gasteiger charge is 2.26. The maximum Gasteiger partial charge on any atom is 0.321 e. The van der Waals surface area contributed by atoms with E-state index in [2.05, 4.69) is 9.72 Å². The second kappa shape index (κ2) is 6.12. The Kier molecular flexibility index (Phi) is 5.06. The third-order valence-corrected chi connectivity index (χ3v) is 4.32. The van der Waals surface area contributed by atoms with Crippen LogP contribution in [0, 0.1) is 0 Å². The van der Waals surface area contributed by atoms with E-state index >= 15 is 0 Å².